The maximum absolute atomic E-state index is 12.7. The second-order valence-electron chi connectivity index (χ2n) is 3.86. The van der Waals surface area contributed by atoms with Crippen molar-refractivity contribution in [2.24, 2.45) is 0 Å². The fourth-order valence-corrected chi connectivity index (χ4v) is 2.00. The van der Waals surface area contributed by atoms with Crippen LogP contribution < -0.4 is 0 Å². The molecule has 2 heterocycles. The van der Waals surface area contributed by atoms with Crippen molar-refractivity contribution in [3.05, 3.63) is 34.1 Å². The molecule has 0 fully saturated rings. The smallest absolute Gasteiger partial charge is 0.436 e. The number of fused-ring (bicyclic) bond motifs is 1. The molecule has 0 unspecified atom stereocenters. The van der Waals surface area contributed by atoms with Crippen LogP contribution in [0.5, 0.6) is 0 Å². The number of pyridine rings is 1. The summed E-state index contributed by atoms with van der Waals surface area (Å²) in [6, 6.07) is 0.965. The second-order valence-corrected chi connectivity index (χ2v) is 4.22. The van der Waals surface area contributed by atoms with Gasteiger partial charge in [0.05, 0.1) is 11.1 Å². The molecule has 11 heteroatoms. The fraction of sp³-hybridized carbons (Fsp3) is 0.200. The standard InChI is InChI=1S/C10H3ClF6N2O2/c11-7-3(9(12,13)14)1-2-4-5(8(20)21)6(10(15,16)17)18-19(4)7/h1-2H,(H,20,21). The molecule has 2 aromatic rings. The van der Waals surface area contributed by atoms with Gasteiger partial charge in [0.1, 0.15) is 10.7 Å². The van der Waals surface area contributed by atoms with Gasteiger partial charge in [-0.3, -0.25) is 0 Å². The lowest BCUT2D eigenvalue weighted by Crippen LogP contribution is -2.12. The Morgan fingerprint density at radius 3 is 2.14 bits per heavy atom. The van der Waals surface area contributed by atoms with Crippen LogP contribution in [0, 0.1) is 0 Å². The molecule has 114 valence electrons. The van der Waals surface area contributed by atoms with Crippen molar-refractivity contribution in [2.45, 2.75) is 12.4 Å². The van der Waals surface area contributed by atoms with Crippen LogP contribution in [0.1, 0.15) is 21.6 Å². The first-order valence-corrected chi connectivity index (χ1v) is 5.41. The lowest BCUT2D eigenvalue weighted by Gasteiger charge is -2.09. The zero-order chi connectivity index (χ0) is 16.2. The van der Waals surface area contributed by atoms with Crippen LogP contribution in [0.4, 0.5) is 26.3 Å². The first-order valence-electron chi connectivity index (χ1n) is 5.03. The average Bonchev–Trinajstić information content (AvgIpc) is 2.67. The van der Waals surface area contributed by atoms with Gasteiger partial charge in [-0.25, -0.2) is 9.31 Å². The van der Waals surface area contributed by atoms with E-state index in [0.717, 1.165) is 0 Å². The Hall–Kier alpha value is -1.97. The predicted molar refractivity (Wildman–Crippen MR) is 57.2 cm³/mol. The summed E-state index contributed by atoms with van der Waals surface area (Å²) in [4.78, 5) is 10.9. The molecule has 21 heavy (non-hydrogen) atoms. The molecular weight excluding hydrogens is 330 g/mol. The highest BCUT2D eigenvalue weighted by molar-refractivity contribution is 6.30. The van der Waals surface area contributed by atoms with Crippen LogP contribution >= 0.6 is 11.6 Å². The van der Waals surface area contributed by atoms with Crippen LogP contribution in [0.15, 0.2) is 12.1 Å². The number of alkyl halides is 6. The molecule has 0 amide bonds. The van der Waals surface area contributed by atoms with Crippen LogP contribution in [-0.2, 0) is 12.4 Å². The highest BCUT2D eigenvalue weighted by atomic mass is 35.5. The molecule has 0 aromatic carbocycles. The molecule has 2 aromatic heterocycles. The zero-order valence-electron chi connectivity index (χ0n) is 9.55. The van der Waals surface area contributed by atoms with Crippen LogP contribution in [-0.4, -0.2) is 20.7 Å². The highest BCUT2D eigenvalue weighted by Gasteiger charge is 2.42. The Balaban J connectivity index is 2.89. The molecule has 0 bridgehead atoms. The van der Waals surface area contributed by atoms with Crippen molar-refractivity contribution in [1.29, 1.82) is 0 Å². The van der Waals surface area contributed by atoms with E-state index in [1.54, 1.807) is 0 Å². The number of aromatic nitrogens is 2. The third kappa shape index (κ3) is 2.50. The quantitative estimate of drug-likeness (QED) is 0.639. The summed E-state index contributed by atoms with van der Waals surface area (Å²) in [6.45, 7) is 0. The van der Waals surface area contributed by atoms with Gasteiger partial charge in [0.2, 0.25) is 0 Å². The van der Waals surface area contributed by atoms with Gasteiger partial charge in [-0.05, 0) is 12.1 Å². The van der Waals surface area contributed by atoms with Gasteiger partial charge in [-0.15, -0.1) is 0 Å². The minimum absolute atomic E-state index is 0.108. The molecule has 0 saturated carbocycles. The lowest BCUT2D eigenvalue weighted by atomic mass is 10.1. The van der Waals surface area contributed by atoms with E-state index in [4.69, 9.17) is 16.7 Å². The number of hydrogen-bond donors (Lipinski definition) is 1. The van der Waals surface area contributed by atoms with Gasteiger partial charge in [0, 0.05) is 0 Å². The van der Waals surface area contributed by atoms with E-state index in [1.165, 1.54) is 0 Å². The molecule has 0 radical (unpaired) electrons. The van der Waals surface area contributed by atoms with Crippen LogP contribution in [0.2, 0.25) is 5.15 Å². The van der Waals surface area contributed by atoms with E-state index >= 15 is 0 Å². The van der Waals surface area contributed by atoms with Gasteiger partial charge >= 0.3 is 18.3 Å². The van der Waals surface area contributed by atoms with Gasteiger partial charge in [-0.2, -0.15) is 31.4 Å². The fourth-order valence-electron chi connectivity index (χ4n) is 1.70. The Kier molecular flexibility index (Phi) is 3.32. The predicted octanol–water partition coefficient (Wildman–Crippen LogP) is 3.72. The van der Waals surface area contributed by atoms with E-state index in [0.29, 0.717) is 12.1 Å². The Morgan fingerprint density at radius 2 is 1.71 bits per heavy atom. The molecule has 1 N–H and O–H groups in total. The number of aromatic carboxylic acids is 1. The summed E-state index contributed by atoms with van der Waals surface area (Å²) in [6.07, 6.45) is -10.1. The number of hydrogen-bond acceptors (Lipinski definition) is 2. The van der Waals surface area contributed by atoms with E-state index in [1.807, 2.05) is 0 Å². The minimum atomic E-state index is -5.15. The average molecular weight is 333 g/mol. The SMILES string of the molecule is O=C(O)c1c(C(F)(F)F)nn2c(Cl)c(C(F)(F)F)ccc12. The van der Waals surface area contributed by atoms with Crippen molar-refractivity contribution in [3.63, 3.8) is 0 Å². The summed E-state index contributed by atoms with van der Waals surface area (Å²) in [5.74, 6) is -1.98. The summed E-state index contributed by atoms with van der Waals surface area (Å²) in [5, 5.41) is 10.5. The van der Waals surface area contributed by atoms with Gasteiger partial charge in [0.25, 0.3) is 0 Å². The molecule has 0 aliphatic heterocycles. The first-order chi connectivity index (χ1) is 9.44. The second kappa shape index (κ2) is 4.52. The van der Waals surface area contributed by atoms with Gasteiger partial charge in [0.15, 0.2) is 5.69 Å². The molecule has 0 aliphatic rings. The van der Waals surface area contributed by atoms with Crippen molar-refractivity contribution < 1.29 is 36.2 Å². The molecule has 4 nitrogen and oxygen atoms in total. The van der Waals surface area contributed by atoms with Crippen molar-refractivity contribution in [3.8, 4) is 0 Å². The Morgan fingerprint density at radius 1 is 1.14 bits per heavy atom. The Labute approximate surface area is 116 Å². The topological polar surface area (TPSA) is 54.6 Å². The van der Waals surface area contributed by atoms with E-state index in [-0.39, 0.29) is 4.52 Å². The zero-order valence-corrected chi connectivity index (χ0v) is 10.3. The van der Waals surface area contributed by atoms with Gasteiger partial charge in [-0.1, -0.05) is 11.6 Å². The van der Waals surface area contributed by atoms with Crippen molar-refractivity contribution in [2.75, 3.05) is 0 Å². The van der Waals surface area contributed by atoms with Crippen LogP contribution in [0.3, 0.4) is 0 Å². The van der Waals surface area contributed by atoms with Crippen LogP contribution in [0.25, 0.3) is 5.52 Å². The first kappa shape index (κ1) is 15.4. The largest absolute Gasteiger partial charge is 0.478 e. The maximum atomic E-state index is 12.7. The maximum Gasteiger partial charge on any atom is 0.436 e. The number of carboxylic acids is 1. The van der Waals surface area contributed by atoms with Crippen molar-refractivity contribution >= 4 is 23.1 Å². The van der Waals surface area contributed by atoms with E-state index < -0.39 is 45.8 Å². The van der Waals surface area contributed by atoms with E-state index in [9.17, 15) is 31.1 Å². The number of carboxylic acid groups (broad SMARTS) is 1. The van der Waals surface area contributed by atoms with Gasteiger partial charge < -0.3 is 5.11 Å². The number of halogens is 7. The van der Waals surface area contributed by atoms with E-state index in [2.05, 4.69) is 5.10 Å². The lowest BCUT2D eigenvalue weighted by molar-refractivity contribution is -0.141. The third-order valence-corrected chi connectivity index (χ3v) is 2.89. The number of nitrogens with zero attached hydrogens (tertiary/aromatic N) is 2. The number of carbonyl (C=O) groups is 1. The number of rotatable bonds is 1. The van der Waals surface area contributed by atoms with Crippen molar-refractivity contribution in [1.82, 2.24) is 9.61 Å². The summed E-state index contributed by atoms with van der Waals surface area (Å²) in [5.41, 5.74) is -5.20. The molecule has 0 saturated heterocycles. The molecule has 0 atom stereocenters. The molecule has 0 aliphatic carbocycles. The Bertz CT molecular complexity index is 734. The molecule has 2 rings (SSSR count). The summed E-state index contributed by atoms with van der Waals surface area (Å²) in [7, 11) is 0. The highest BCUT2D eigenvalue weighted by Crippen LogP contribution is 2.38. The minimum Gasteiger partial charge on any atom is -0.478 e. The third-order valence-electron chi connectivity index (χ3n) is 2.52. The molecular formula is C10H3ClF6N2O2. The monoisotopic (exact) mass is 332 g/mol. The summed E-state index contributed by atoms with van der Waals surface area (Å²) < 4.78 is 76.1. The normalized spacial score (nSPS) is 12.9. The summed E-state index contributed by atoms with van der Waals surface area (Å²) >= 11 is 5.39. The molecule has 0 spiro atoms.